The number of hydrogen-bond acceptors (Lipinski definition) is 5. The molecule has 0 radical (unpaired) electrons. The Morgan fingerprint density at radius 1 is 1.35 bits per heavy atom. The molecule has 2 rings (SSSR count). The molecule has 1 aromatic carbocycles. The van der Waals surface area contributed by atoms with Crippen LogP contribution in [-0.4, -0.2) is 56.2 Å². The maximum Gasteiger partial charge on any atom is 0.124 e. The Balaban J connectivity index is 2.27. The fourth-order valence-electron chi connectivity index (χ4n) is 2.84. The largest absolute Gasteiger partial charge is 0.494 e. The summed E-state index contributed by atoms with van der Waals surface area (Å²) >= 11 is 0. The third kappa shape index (κ3) is 3.30. The van der Waals surface area contributed by atoms with E-state index in [1.807, 2.05) is 25.1 Å². The van der Waals surface area contributed by atoms with Gasteiger partial charge in [0.15, 0.2) is 0 Å². The van der Waals surface area contributed by atoms with Gasteiger partial charge in [-0.05, 0) is 27.1 Å². The van der Waals surface area contributed by atoms with Gasteiger partial charge in [0.25, 0.3) is 0 Å². The molecule has 1 saturated heterocycles. The molecule has 0 aliphatic carbocycles. The third-order valence-corrected chi connectivity index (χ3v) is 4.02. The van der Waals surface area contributed by atoms with Crippen molar-refractivity contribution in [3.63, 3.8) is 0 Å². The predicted octanol–water partition coefficient (Wildman–Crippen LogP) is 0.836. The van der Waals surface area contributed by atoms with Crippen molar-refractivity contribution in [1.29, 1.82) is 0 Å². The first-order valence-corrected chi connectivity index (χ1v) is 7.24. The molecule has 5 nitrogen and oxygen atoms in total. The Morgan fingerprint density at radius 2 is 2.10 bits per heavy atom. The molecule has 2 atom stereocenters. The lowest BCUT2D eigenvalue weighted by molar-refractivity contribution is 0.0867. The summed E-state index contributed by atoms with van der Waals surface area (Å²) in [7, 11) is 4.31. The quantitative estimate of drug-likeness (QED) is 0.617. The Labute approximate surface area is 121 Å². The summed E-state index contributed by atoms with van der Waals surface area (Å²) in [6.07, 6.45) is 0. The average molecular weight is 278 g/mol. The molecule has 5 heteroatoms. The summed E-state index contributed by atoms with van der Waals surface area (Å²) in [4.78, 5) is 4.71. The van der Waals surface area contributed by atoms with Crippen molar-refractivity contribution in [3.8, 4) is 5.75 Å². The zero-order chi connectivity index (χ0) is 14.5. The van der Waals surface area contributed by atoms with E-state index in [1.54, 1.807) is 0 Å². The highest BCUT2D eigenvalue weighted by Crippen LogP contribution is 2.29. The highest BCUT2D eigenvalue weighted by molar-refractivity contribution is 5.37. The number of benzene rings is 1. The molecule has 3 N–H and O–H groups in total. The second-order valence-electron chi connectivity index (χ2n) is 5.43. The fourth-order valence-corrected chi connectivity index (χ4v) is 2.84. The summed E-state index contributed by atoms with van der Waals surface area (Å²) in [5.74, 6) is 6.77. The highest BCUT2D eigenvalue weighted by atomic mass is 16.5. The standard InChI is InChI=1S/C15H26N4O/c1-4-20-14-8-6-5-7-12(14)15(17-16)13-11-18(2)9-10-19(13)3/h5-8,13,15,17H,4,9-11,16H2,1-3H3. The van der Waals surface area contributed by atoms with E-state index in [0.717, 1.165) is 30.9 Å². The van der Waals surface area contributed by atoms with E-state index in [0.29, 0.717) is 12.6 Å². The Bertz CT molecular complexity index is 426. The van der Waals surface area contributed by atoms with Crippen LogP contribution in [0.3, 0.4) is 0 Å². The number of nitrogens with one attached hydrogen (secondary N) is 1. The van der Waals surface area contributed by atoms with Crippen LogP contribution in [0.15, 0.2) is 24.3 Å². The first-order chi connectivity index (χ1) is 9.67. The molecule has 112 valence electrons. The van der Waals surface area contributed by atoms with E-state index < -0.39 is 0 Å². The van der Waals surface area contributed by atoms with Crippen LogP contribution >= 0.6 is 0 Å². The van der Waals surface area contributed by atoms with Gasteiger partial charge in [0.05, 0.1) is 12.6 Å². The smallest absolute Gasteiger partial charge is 0.124 e. The molecule has 1 heterocycles. The molecule has 0 aromatic heterocycles. The Morgan fingerprint density at radius 3 is 2.80 bits per heavy atom. The van der Waals surface area contributed by atoms with Crippen molar-refractivity contribution >= 4 is 0 Å². The fraction of sp³-hybridized carbons (Fsp3) is 0.600. The lowest BCUT2D eigenvalue weighted by Gasteiger charge is -2.42. The molecule has 1 aliphatic heterocycles. The van der Waals surface area contributed by atoms with Gasteiger partial charge in [0, 0.05) is 31.2 Å². The zero-order valence-corrected chi connectivity index (χ0v) is 12.7. The molecule has 1 aromatic rings. The summed E-state index contributed by atoms with van der Waals surface area (Å²) in [6.45, 7) is 5.80. The van der Waals surface area contributed by atoms with Crippen LogP contribution in [0, 0.1) is 0 Å². The molecule has 1 fully saturated rings. The minimum atomic E-state index is 0.0606. The van der Waals surface area contributed by atoms with Crippen LogP contribution < -0.4 is 16.0 Å². The monoisotopic (exact) mass is 278 g/mol. The number of nitrogens with zero attached hydrogens (tertiary/aromatic N) is 2. The SMILES string of the molecule is CCOc1ccccc1C(NN)C1CN(C)CCN1C. The van der Waals surface area contributed by atoms with Crippen molar-refractivity contribution in [2.45, 2.75) is 19.0 Å². The van der Waals surface area contributed by atoms with Gasteiger partial charge < -0.3 is 9.64 Å². The van der Waals surface area contributed by atoms with E-state index in [1.165, 1.54) is 0 Å². The van der Waals surface area contributed by atoms with E-state index >= 15 is 0 Å². The second-order valence-corrected chi connectivity index (χ2v) is 5.43. The lowest BCUT2D eigenvalue weighted by atomic mass is 9.96. The molecule has 2 unspecified atom stereocenters. The van der Waals surface area contributed by atoms with Crippen LogP contribution in [0.1, 0.15) is 18.5 Å². The van der Waals surface area contributed by atoms with Gasteiger partial charge in [-0.2, -0.15) is 0 Å². The molecule has 20 heavy (non-hydrogen) atoms. The number of ether oxygens (including phenoxy) is 1. The van der Waals surface area contributed by atoms with E-state index in [-0.39, 0.29) is 6.04 Å². The van der Waals surface area contributed by atoms with Gasteiger partial charge in [0.2, 0.25) is 0 Å². The van der Waals surface area contributed by atoms with Gasteiger partial charge in [-0.25, -0.2) is 0 Å². The number of hydrogen-bond donors (Lipinski definition) is 2. The number of hydrazine groups is 1. The van der Waals surface area contributed by atoms with Crippen molar-refractivity contribution < 1.29 is 4.74 Å². The summed E-state index contributed by atoms with van der Waals surface area (Å²) < 4.78 is 5.75. The molecule has 0 amide bonds. The molecule has 0 saturated carbocycles. The molecule has 1 aliphatic rings. The molecular weight excluding hydrogens is 252 g/mol. The van der Waals surface area contributed by atoms with Gasteiger partial charge in [0.1, 0.15) is 5.75 Å². The average Bonchev–Trinajstić information content (AvgIpc) is 2.45. The summed E-state index contributed by atoms with van der Waals surface area (Å²) in [5.41, 5.74) is 4.12. The van der Waals surface area contributed by atoms with Crippen molar-refractivity contribution in [3.05, 3.63) is 29.8 Å². The topological polar surface area (TPSA) is 53.8 Å². The summed E-state index contributed by atoms with van der Waals surface area (Å²) in [6, 6.07) is 8.53. The zero-order valence-electron chi connectivity index (χ0n) is 12.7. The van der Waals surface area contributed by atoms with Crippen molar-refractivity contribution in [2.75, 3.05) is 40.3 Å². The van der Waals surface area contributed by atoms with E-state index in [9.17, 15) is 0 Å². The number of nitrogens with two attached hydrogens (primary N) is 1. The Hall–Kier alpha value is -1.14. The molecule has 0 spiro atoms. The van der Waals surface area contributed by atoms with Crippen molar-refractivity contribution in [2.24, 2.45) is 5.84 Å². The molecular formula is C15H26N4O. The second kappa shape index (κ2) is 7.04. The number of para-hydroxylation sites is 1. The number of piperazine rings is 1. The van der Waals surface area contributed by atoms with Crippen LogP contribution in [0.5, 0.6) is 5.75 Å². The van der Waals surface area contributed by atoms with Gasteiger partial charge in [-0.1, -0.05) is 18.2 Å². The van der Waals surface area contributed by atoms with Gasteiger partial charge in [-0.15, -0.1) is 0 Å². The van der Waals surface area contributed by atoms with E-state index in [4.69, 9.17) is 10.6 Å². The van der Waals surface area contributed by atoms with Crippen molar-refractivity contribution in [1.82, 2.24) is 15.2 Å². The van der Waals surface area contributed by atoms with Crippen LogP contribution in [-0.2, 0) is 0 Å². The number of rotatable bonds is 5. The van der Waals surface area contributed by atoms with Gasteiger partial charge >= 0.3 is 0 Å². The maximum absolute atomic E-state index is 5.86. The van der Waals surface area contributed by atoms with Crippen LogP contribution in [0.4, 0.5) is 0 Å². The highest BCUT2D eigenvalue weighted by Gasteiger charge is 2.31. The minimum absolute atomic E-state index is 0.0606. The molecule has 0 bridgehead atoms. The first-order valence-electron chi connectivity index (χ1n) is 7.24. The normalized spacial score (nSPS) is 22.7. The predicted molar refractivity (Wildman–Crippen MR) is 81.6 cm³/mol. The van der Waals surface area contributed by atoms with Gasteiger partial charge in [-0.3, -0.25) is 16.2 Å². The number of likely N-dealkylation sites (N-methyl/N-ethyl adjacent to an activating group) is 2. The van der Waals surface area contributed by atoms with Crippen LogP contribution in [0.25, 0.3) is 0 Å². The Kier molecular flexibility index (Phi) is 5.37. The van der Waals surface area contributed by atoms with E-state index in [2.05, 4.69) is 35.4 Å². The summed E-state index contributed by atoms with van der Waals surface area (Å²) in [5, 5.41) is 0. The first kappa shape index (κ1) is 15.3. The maximum atomic E-state index is 5.86. The lowest BCUT2D eigenvalue weighted by Crippen LogP contribution is -2.56. The minimum Gasteiger partial charge on any atom is -0.494 e. The van der Waals surface area contributed by atoms with Crippen LogP contribution in [0.2, 0.25) is 0 Å². The third-order valence-electron chi connectivity index (χ3n) is 4.02.